The average Bonchev–Trinajstić information content (AvgIpc) is 2.11. The van der Waals surface area contributed by atoms with Crippen molar-refractivity contribution in [2.75, 3.05) is 13.2 Å². The first-order chi connectivity index (χ1) is 5.61. The Morgan fingerprint density at radius 1 is 1.50 bits per heavy atom. The van der Waals surface area contributed by atoms with E-state index in [1.165, 1.54) is 0 Å². The van der Waals surface area contributed by atoms with E-state index in [9.17, 15) is 4.79 Å². The molecule has 0 radical (unpaired) electrons. The Kier molecular flexibility index (Phi) is 5.61. The Morgan fingerprint density at radius 2 is 2.08 bits per heavy atom. The van der Waals surface area contributed by atoms with Gasteiger partial charge in [0.15, 0.2) is 0 Å². The van der Waals surface area contributed by atoms with Crippen LogP contribution in [0.15, 0.2) is 0 Å². The van der Waals surface area contributed by atoms with E-state index >= 15 is 0 Å². The Morgan fingerprint density at radius 3 is 2.50 bits per heavy atom. The second-order valence-corrected chi connectivity index (χ2v) is 2.51. The number of amides is 1. The number of aliphatic hydroxyl groups is 3. The first kappa shape index (κ1) is 11.4. The zero-order valence-corrected chi connectivity index (χ0v) is 7.03. The van der Waals surface area contributed by atoms with Gasteiger partial charge < -0.3 is 20.6 Å². The fourth-order valence-corrected chi connectivity index (χ4v) is 0.586. The first-order valence-electron chi connectivity index (χ1n) is 3.86. The number of carbonyl (C=O) groups excluding carboxylic acids is 1. The van der Waals surface area contributed by atoms with Gasteiger partial charge in [-0.05, 0) is 6.42 Å². The zero-order chi connectivity index (χ0) is 9.56. The van der Waals surface area contributed by atoms with Crippen molar-refractivity contribution in [3.8, 4) is 0 Å². The molecular weight excluding hydrogens is 162 g/mol. The van der Waals surface area contributed by atoms with E-state index in [0.29, 0.717) is 6.42 Å². The van der Waals surface area contributed by atoms with E-state index in [1.54, 1.807) is 6.92 Å². The molecule has 2 atom stereocenters. The lowest BCUT2D eigenvalue weighted by Gasteiger charge is -2.11. The molecule has 0 aromatic rings. The summed E-state index contributed by atoms with van der Waals surface area (Å²) in [5.41, 5.74) is 0. The zero-order valence-electron chi connectivity index (χ0n) is 7.03. The van der Waals surface area contributed by atoms with E-state index < -0.39 is 24.7 Å². The van der Waals surface area contributed by atoms with Crippen molar-refractivity contribution in [3.05, 3.63) is 0 Å². The molecule has 0 aromatic carbocycles. The fraction of sp³-hybridized carbons (Fsp3) is 0.857. The highest BCUT2D eigenvalue weighted by molar-refractivity contribution is 5.80. The van der Waals surface area contributed by atoms with Crippen LogP contribution in [0.1, 0.15) is 13.3 Å². The molecule has 5 nitrogen and oxygen atoms in total. The summed E-state index contributed by atoms with van der Waals surface area (Å²) in [6, 6.07) is 0. The number of carbonyl (C=O) groups is 1. The van der Waals surface area contributed by atoms with Crippen LogP contribution in [0.4, 0.5) is 0 Å². The molecule has 0 fully saturated rings. The molecule has 0 saturated carbocycles. The highest BCUT2D eigenvalue weighted by Gasteiger charge is 2.12. The third kappa shape index (κ3) is 4.27. The smallest absolute Gasteiger partial charge is 0.248 e. The van der Waals surface area contributed by atoms with Crippen LogP contribution >= 0.6 is 0 Å². The molecule has 0 aliphatic heterocycles. The minimum Gasteiger partial charge on any atom is -0.394 e. The van der Waals surface area contributed by atoms with Crippen LogP contribution in [0.3, 0.4) is 0 Å². The Hall–Kier alpha value is -0.650. The van der Waals surface area contributed by atoms with Gasteiger partial charge in [0.05, 0.1) is 12.7 Å². The van der Waals surface area contributed by atoms with E-state index in [0.717, 1.165) is 0 Å². The second kappa shape index (κ2) is 5.93. The minimum absolute atomic E-state index is 0.0353. The van der Waals surface area contributed by atoms with Crippen LogP contribution in [0, 0.1) is 0 Å². The molecule has 5 heteroatoms. The fourth-order valence-electron chi connectivity index (χ4n) is 0.586. The quantitative estimate of drug-likeness (QED) is 0.400. The molecule has 0 rings (SSSR count). The standard InChI is InChI=1S/C7H15NO4/c1-2-6(11)7(12)8-3-5(10)4-9/h5-6,9-11H,2-4H2,1H3,(H,8,12). The van der Waals surface area contributed by atoms with E-state index in [2.05, 4.69) is 5.32 Å². The molecule has 72 valence electrons. The van der Waals surface area contributed by atoms with E-state index in [1.807, 2.05) is 0 Å². The molecule has 0 spiro atoms. The van der Waals surface area contributed by atoms with Crippen molar-refractivity contribution >= 4 is 5.91 Å². The van der Waals surface area contributed by atoms with Crippen LogP contribution in [-0.2, 0) is 4.79 Å². The van der Waals surface area contributed by atoms with Crippen molar-refractivity contribution in [1.29, 1.82) is 0 Å². The van der Waals surface area contributed by atoms with Crippen molar-refractivity contribution in [2.45, 2.75) is 25.6 Å². The summed E-state index contributed by atoms with van der Waals surface area (Å²) >= 11 is 0. The number of nitrogens with one attached hydrogen (secondary N) is 1. The van der Waals surface area contributed by atoms with Gasteiger partial charge in [0, 0.05) is 6.54 Å². The molecule has 0 aromatic heterocycles. The summed E-state index contributed by atoms with van der Waals surface area (Å²) < 4.78 is 0. The lowest BCUT2D eigenvalue weighted by molar-refractivity contribution is -0.130. The van der Waals surface area contributed by atoms with Gasteiger partial charge in [-0.25, -0.2) is 0 Å². The van der Waals surface area contributed by atoms with Crippen molar-refractivity contribution in [2.24, 2.45) is 0 Å². The molecular formula is C7H15NO4. The molecule has 0 saturated heterocycles. The summed E-state index contributed by atoms with van der Waals surface area (Å²) in [6.07, 6.45) is -1.66. The third-order valence-electron chi connectivity index (χ3n) is 1.41. The van der Waals surface area contributed by atoms with Crippen molar-refractivity contribution < 1.29 is 20.1 Å². The summed E-state index contributed by atoms with van der Waals surface area (Å²) in [5, 5.41) is 28.4. The molecule has 0 aliphatic carbocycles. The second-order valence-electron chi connectivity index (χ2n) is 2.51. The predicted molar refractivity (Wildman–Crippen MR) is 42.4 cm³/mol. The van der Waals surface area contributed by atoms with E-state index in [-0.39, 0.29) is 6.54 Å². The Bertz CT molecular complexity index is 139. The van der Waals surface area contributed by atoms with Crippen LogP contribution in [-0.4, -0.2) is 46.6 Å². The summed E-state index contributed by atoms with van der Waals surface area (Å²) in [5.74, 6) is -0.523. The molecule has 0 bridgehead atoms. The molecule has 4 N–H and O–H groups in total. The summed E-state index contributed by atoms with van der Waals surface area (Å²) in [7, 11) is 0. The van der Waals surface area contributed by atoms with Gasteiger partial charge in [-0.1, -0.05) is 6.92 Å². The van der Waals surface area contributed by atoms with Gasteiger partial charge in [0.2, 0.25) is 5.91 Å². The van der Waals surface area contributed by atoms with Crippen LogP contribution < -0.4 is 5.32 Å². The maximum atomic E-state index is 10.8. The highest BCUT2D eigenvalue weighted by atomic mass is 16.3. The molecule has 2 unspecified atom stereocenters. The predicted octanol–water partition coefficient (Wildman–Crippen LogP) is -1.77. The van der Waals surface area contributed by atoms with Crippen LogP contribution in [0.5, 0.6) is 0 Å². The number of aliphatic hydroxyl groups excluding tert-OH is 3. The van der Waals surface area contributed by atoms with Crippen molar-refractivity contribution in [3.63, 3.8) is 0 Å². The maximum absolute atomic E-state index is 10.8. The number of rotatable bonds is 5. The topological polar surface area (TPSA) is 89.8 Å². The van der Waals surface area contributed by atoms with Gasteiger partial charge >= 0.3 is 0 Å². The summed E-state index contributed by atoms with van der Waals surface area (Å²) in [4.78, 5) is 10.8. The van der Waals surface area contributed by atoms with Gasteiger partial charge in [0.25, 0.3) is 0 Å². The minimum atomic E-state index is -1.03. The molecule has 0 heterocycles. The van der Waals surface area contributed by atoms with Gasteiger partial charge in [-0.3, -0.25) is 4.79 Å². The summed E-state index contributed by atoms with van der Waals surface area (Å²) in [6.45, 7) is 1.24. The number of hydrogen-bond acceptors (Lipinski definition) is 4. The van der Waals surface area contributed by atoms with Crippen LogP contribution in [0.2, 0.25) is 0 Å². The van der Waals surface area contributed by atoms with Gasteiger partial charge in [-0.15, -0.1) is 0 Å². The van der Waals surface area contributed by atoms with Gasteiger partial charge in [0.1, 0.15) is 6.10 Å². The highest BCUT2D eigenvalue weighted by Crippen LogP contribution is 1.89. The maximum Gasteiger partial charge on any atom is 0.248 e. The van der Waals surface area contributed by atoms with Crippen LogP contribution in [0.25, 0.3) is 0 Å². The Balaban J connectivity index is 3.56. The molecule has 0 aliphatic rings. The van der Waals surface area contributed by atoms with Crippen molar-refractivity contribution in [1.82, 2.24) is 5.32 Å². The van der Waals surface area contributed by atoms with E-state index in [4.69, 9.17) is 15.3 Å². The monoisotopic (exact) mass is 177 g/mol. The molecule has 1 amide bonds. The third-order valence-corrected chi connectivity index (χ3v) is 1.41. The SMILES string of the molecule is CCC(O)C(=O)NCC(O)CO. The normalized spacial score (nSPS) is 15.3. The largest absolute Gasteiger partial charge is 0.394 e. The first-order valence-corrected chi connectivity index (χ1v) is 3.86. The Labute approximate surface area is 71.0 Å². The lowest BCUT2D eigenvalue weighted by Crippen LogP contribution is -2.39. The number of hydrogen-bond donors (Lipinski definition) is 4. The average molecular weight is 177 g/mol. The lowest BCUT2D eigenvalue weighted by atomic mass is 10.2. The molecule has 12 heavy (non-hydrogen) atoms. The van der Waals surface area contributed by atoms with Gasteiger partial charge in [-0.2, -0.15) is 0 Å².